The molecule has 0 saturated heterocycles. The number of pyridine rings is 1. The van der Waals surface area contributed by atoms with Gasteiger partial charge < -0.3 is 5.11 Å². The molecule has 0 radical (unpaired) electrons. The Kier molecular flexibility index (Phi) is 3.24. The summed E-state index contributed by atoms with van der Waals surface area (Å²) in [6.07, 6.45) is 3.86. The van der Waals surface area contributed by atoms with E-state index in [9.17, 15) is 9.90 Å². The lowest BCUT2D eigenvalue weighted by molar-refractivity contribution is -0.143. The molecular formula is C13H13NO2S. The summed E-state index contributed by atoms with van der Waals surface area (Å²) >= 11 is 1.48. The number of carboxylic acids is 1. The van der Waals surface area contributed by atoms with Crippen LogP contribution in [-0.2, 0) is 16.6 Å². The monoisotopic (exact) mass is 247 g/mol. The van der Waals surface area contributed by atoms with Crippen molar-refractivity contribution < 1.29 is 9.90 Å². The number of carboxylic acid groups (broad SMARTS) is 1. The highest BCUT2D eigenvalue weighted by atomic mass is 32.1. The fourth-order valence-electron chi connectivity index (χ4n) is 1.77. The van der Waals surface area contributed by atoms with Crippen LogP contribution in [0.4, 0.5) is 0 Å². The standard InChI is InChI=1S/C13H13NO2S/c1-13(12(15)16,11-5-3-7-17-11)8-10-4-2-6-14-9-10/h2-7,9H,8H2,1H3,(H,15,16). The predicted octanol–water partition coefficient (Wildman–Crippen LogP) is 2.73. The Bertz CT molecular complexity index is 495. The van der Waals surface area contributed by atoms with Crippen molar-refractivity contribution in [2.45, 2.75) is 18.8 Å². The summed E-state index contributed by atoms with van der Waals surface area (Å²) in [6, 6.07) is 7.48. The SMILES string of the molecule is CC(Cc1cccnc1)(C(=O)O)c1cccs1. The minimum Gasteiger partial charge on any atom is -0.481 e. The maximum Gasteiger partial charge on any atom is 0.315 e. The van der Waals surface area contributed by atoms with E-state index in [1.165, 1.54) is 11.3 Å². The molecular weight excluding hydrogens is 234 g/mol. The Labute approximate surface area is 104 Å². The molecule has 2 rings (SSSR count). The molecule has 2 aromatic rings. The molecule has 0 aromatic carbocycles. The molecule has 0 aliphatic rings. The second-order valence-electron chi connectivity index (χ2n) is 4.15. The number of nitrogens with zero attached hydrogens (tertiary/aromatic N) is 1. The van der Waals surface area contributed by atoms with Crippen LogP contribution < -0.4 is 0 Å². The van der Waals surface area contributed by atoms with Crippen molar-refractivity contribution in [2.75, 3.05) is 0 Å². The first-order chi connectivity index (χ1) is 8.13. The number of hydrogen-bond acceptors (Lipinski definition) is 3. The zero-order valence-corrected chi connectivity index (χ0v) is 10.3. The Morgan fingerprint density at radius 1 is 1.47 bits per heavy atom. The highest BCUT2D eigenvalue weighted by Gasteiger charge is 2.36. The van der Waals surface area contributed by atoms with Crippen molar-refractivity contribution in [3.8, 4) is 0 Å². The highest BCUT2D eigenvalue weighted by Crippen LogP contribution is 2.31. The number of hydrogen-bond donors (Lipinski definition) is 1. The summed E-state index contributed by atoms with van der Waals surface area (Å²) in [4.78, 5) is 16.4. The van der Waals surface area contributed by atoms with Crippen LogP contribution in [0.15, 0.2) is 42.0 Å². The minimum absolute atomic E-state index is 0.455. The van der Waals surface area contributed by atoms with Gasteiger partial charge in [0, 0.05) is 17.3 Å². The van der Waals surface area contributed by atoms with E-state index in [4.69, 9.17) is 0 Å². The molecule has 0 fully saturated rings. The van der Waals surface area contributed by atoms with Crippen molar-refractivity contribution >= 4 is 17.3 Å². The Balaban J connectivity index is 2.34. The first-order valence-electron chi connectivity index (χ1n) is 5.29. The summed E-state index contributed by atoms with van der Waals surface area (Å²) in [6.45, 7) is 1.76. The average Bonchev–Trinajstić information content (AvgIpc) is 2.84. The van der Waals surface area contributed by atoms with Gasteiger partial charge in [-0.05, 0) is 36.4 Å². The molecule has 4 heteroatoms. The van der Waals surface area contributed by atoms with E-state index in [-0.39, 0.29) is 0 Å². The first-order valence-corrected chi connectivity index (χ1v) is 6.17. The zero-order valence-electron chi connectivity index (χ0n) is 9.46. The van der Waals surface area contributed by atoms with Crippen LogP contribution in [0.5, 0.6) is 0 Å². The highest BCUT2D eigenvalue weighted by molar-refractivity contribution is 7.10. The van der Waals surface area contributed by atoms with Gasteiger partial charge in [-0.1, -0.05) is 12.1 Å². The molecule has 17 heavy (non-hydrogen) atoms. The topological polar surface area (TPSA) is 50.2 Å². The summed E-state index contributed by atoms with van der Waals surface area (Å²) in [7, 11) is 0. The summed E-state index contributed by atoms with van der Waals surface area (Å²) in [5.41, 5.74) is 0.0581. The normalized spacial score (nSPS) is 14.2. The van der Waals surface area contributed by atoms with E-state index in [0.29, 0.717) is 6.42 Å². The van der Waals surface area contributed by atoms with Gasteiger partial charge in [-0.15, -0.1) is 11.3 Å². The lowest BCUT2D eigenvalue weighted by Gasteiger charge is -2.23. The van der Waals surface area contributed by atoms with E-state index in [1.54, 1.807) is 19.3 Å². The smallest absolute Gasteiger partial charge is 0.315 e. The fourth-order valence-corrected chi connectivity index (χ4v) is 2.65. The van der Waals surface area contributed by atoms with Crippen LogP contribution in [0.25, 0.3) is 0 Å². The number of rotatable bonds is 4. The lowest BCUT2D eigenvalue weighted by Crippen LogP contribution is -2.33. The third-order valence-electron chi connectivity index (χ3n) is 2.82. The molecule has 3 nitrogen and oxygen atoms in total. The molecule has 1 N–H and O–H groups in total. The van der Waals surface area contributed by atoms with E-state index in [1.807, 2.05) is 29.6 Å². The largest absolute Gasteiger partial charge is 0.481 e. The minimum atomic E-state index is -0.878. The van der Waals surface area contributed by atoms with Crippen LogP contribution in [0.1, 0.15) is 17.4 Å². The molecule has 0 bridgehead atoms. The Morgan fingerprint density at radius 3 is 2.82 bits per heavy atom. The third-order valence-corrected chi connectivity index (χ3v) is 3.95. The Morgan fingerprint density at radius 2 is 2.29 bits per heavy atom. The molecule has 0 aliphatic carbocycles. The third kappa shape index (κ3) is 2.36. The van der Waals surface area contributed by atoms with E-state index >= 15 is 0 Å². The van der Waals surface area contributed by atoms with Crippen molar-refractivity contribution in [3.05, 3.63) is 52.5 Å². The summed E-state index contributed by atoms with van der Waals surface area (Å²) in [5.74, 6) is -0.802. The summed E-state index contributed by atoms with van der Waals surface area (Å²) < 4.78 is 0. The van der Waals surface area contributed by atoms with Crippen LogP contribution in [0.3, 0.4) is 0 Å². The maximum atomic E-state index is 11.5. The van der Waals surface area contributed by atoms with Crippen molar-refractivity contribution in [2.24, 2.45) is 0 Å². The molecule has 0 spiro atoms. The van der Waals surface area contributed by atoms with Crippen LogP contribution in [0, 0.1) is 0 Å². The second kappa shape index (κ2) is 4.67. The zero-order chi connectivity index (χ0) is 12.3. The van der Waals surface area contributed by atoms with Gasteiger partial charge in [0.05, 0.1) is 0 Å². The quantitative estimate of drug-likeness (QED) is 0.903. The number of aliphatic carboxylic acids is 1. The van der Waals surface area contributed by atoms with Gasteiger partial charge in [-0.3, -0.25) is 9.78 Å². The van der Waals surface area contributed by atoms with Crippen LogP contribution in [-0.4, -0.2) is 16.1 Å². The van der Waals surface area contributed by atoms with Gasteiger partial charge in [0.15, 0.2) is 0 Å². The summed E-state index contributed by atoms with van der Waals surface area (Å²) in [5, 5.41) is 11.4. The van der Waals surface area contributed by atoms with Crippen molar-refractivity contribution in [1.82, 2.24) is 4.98 Å². The van der Waals surface area contributed by atoms with Crippen molar-refractivity contribution in [3.63, 3.8) is 0 Å². The molecule has 2 aromatic heterocycles. The van der Waals surface area contributed by atoms with Crippen molar-refractivity contribution in [1.29, 1.82) is 0 Å². The van der Waals surface area contributed by atoms with Gasteiger partial charge in [-0.25, -0.2) is 0 Å². The fraction of sp³-hybridized carbons (Fsp3) is 0.231. The molecule has 0 amide bonds. The molecule has 2 heterocycles. The molecule has 0 saturated carbocycles. The molecule has 1 atom stereocenters. The molecule has 88 valence electrons. The second-order valence-corrected chi connectivity index (χ2v) is 5.10. The number of carbonyl (C=O) groups is 1. The first kappa shape index (κ1) is 11.8. The van der Waals surface area contributed by atoms with Gasteiger partial charge in [0.1, 0.15) is 5.41 Å². The predicted molar refractivity (Wildman–Crippen MR) is 67.2 cm³/mol. The average molecular weight is 247 g/mol. The maximum absolute atomic E-state index is 11.5. The van der Waals surface area contributed by atoms with Gasteiger partial charge in [0.25, 0.3) is 0 Å². The number of thiophene rings is 1. The molecule has 1 unspecified atom stereocenters. The van der Waals surface area contributed by atoms with E-state index in [0.717, 1.165) is 10.4 Å². The van der Waals surface area contributed by atoms with Crippen LogP contribution in [0.2, 0.25) is 0 Å². The molecule has 0 aliphatic heterocycles. The van der Waals surface area contributed by atoms with Gasteiger partial charge >= 0.3 is 5.97 Å². The van der Waals surface area contributed by atoms with Gasteiger partial charge in [-0.2, -0.15) is 0 Å². The Hall–Kier alpha value is -1.68. The van der Waals surface area contributed by atoms with E-state index < -0.39 is 11.4 Å². The lowest BCUT2D eigenvalue weighted by atomic mass is 9.82. The number of aromatic nitrogens is 1. The van der Waals surface area contributed by atoms with Crippen LogP contribution >= 0.6 is 11.3 Å². The van der Waals surface area contributed by atoms with E-state index in [2.05, 4.69) is 4.98 Å². The van der Waals surface area contributed by atoms with Gasteiger partial charge in [0.2, 0.25) is 0 Å².